The Kier molecular flexibility index (Phi) is 1.36. The van der Waals surface area contributed by atoms with Gasteiger partial charge in [0.25, 0.3) is 5.92 Å². The standard InChI is InChI=1S/C7H9F2N3/c8-7(9)3-6(10,4-7)5-1-2-11-12-5/h1H,2-4,10H2. The second-order valence-corrected chi connectivity index (χ2v) is 3.38. The van der Waals surface area contributed by atoms with E-state index >= 15 is 0 Å². The highest BCUT2D eigenvalue weighted by atomic mass is 19.3. The molecule has 2 rings (SSSR count). The van der Waals surface area contributed by atoms with Crippen molar-refractivity contribution in [3.8, 4) is 0 Å². The molecule has 0 aromatic heterocycles. The molecule has 0 amide bonds. The summed E-state index contributed by atoms with van der Waals surface area (Å²) < 4.78 is 25.0. The topological polar surface area (TPSA) is 50.7 Å². The Bertz CT molecular complexity index is 262. The van der Waals surface area contributed by atoms with Crippen LogP contribution in [0.1, 0.15) is 12.8 Å². The van der Waals surface area contributed by atoms with Crippen LogP contribution in [-0.4, -0.2) is 18.0 Å². The number of halogens is 2. The van der Waals surface area contributed by atoms with E-state index in [1.807, 2.05) is 0 Å². The Morgan fingerprint density at radius 1 is 1.42 bits per heavy atom. The van der Waals surface area contributed by atoms with Gasteiger partial charge in [0.2, 0.25) is 0 Å². The highest BCUT2D eigenvalue weighted by molar-refractivity contribution is 5.27. The van der Waals surface area contributed by atoms with Crippen molar-refractivity contribution in [3.63, 3.8) is 0 Å². The molecule has 0 unspecified atom stereocenters. The van der Waals surface area contributed by atoms with Gasteiger partial charge in [-0.3, -0.25) is 0 Å². The van der Waals surface area contributed by atoms with Crippen LogP contribution < -0.4 is 5.73 Å². The van der Waals surface area contributed by atoms with Gasteiger partial charge in [0.1, 0.15) is 0 Å². The van der Waals surface area contributed by atoms with E-state index < -0.39 is 11.5 Å². The molecular formula is C7H9F2N3. The first-order valence-electron chi connectivity index (χ1n) is 3.77. The minimum Gasteiger partial charge on any atom is -0.320 e. The molecule has 1 aliphatic carbocycles. The van der Waals surface area contributed by atoms with Gasteiger partial charge in [-0.05, 0) is 6.08 Å². The minimum atomic E-state index is -2.60. The van der Waals surface area contributed by atoms with Gasteiger partial charge in [-0.25, -0.2) is 8.78 Å². The van der Waals surface area contributed by atoms with Crippen molar-refractivity contribution in [3.05, 3.63) is 11.8 Å². The molecule has 2 aliphatic rings. The van der Waals surface area contributed by atoms with E-state index in [0.29, 0.717) is 12.2 Å². The molecule has 1 aliphatic heterocycles. The van der Waals surface area contributed by atoms with Gasteiger partial charge in [0.05, 0.1) is 17.8 Å². The third-order valence-electron chi connectivity index (χ3n) is 2.20. The van der Waals surface area contributed by atoms with Crippen LogP contribution in [0.5, 0.6) is 0 Å². The molecule has 2 N–H and O–H groups in total. The highest BCUT2D eigenvalue weighted by Gasteiger charge is 2.56. The maximum absolute atomic E-state index is 12.5. The number of hydrogen-bond acceptors (Lipinski definition) is 3. The summed E-state index contributed by atoms with van der Waals surface area (Å²) in [5.41, 5.74) is 5.29. The third-order valence-corrected chi connectivity index (χ3v) is 2.20. The summed E-state index contributed by atoms with van der Waals surface area (Å²) in [6.45, 7) is 0.472. The summed E-state index contributed by atoms with van der Waals surface area (Å²) in [6.07, 6.45) is 1.10. The molecule has 12 heavy (non-hydrogen) atoms. The zero-order chi connectivity index (χ0) is 8.82. The van der Waals surface area contributed by atoms with Crippen molar-refractivity contribution in [1.82, 2.24) is 0 Å². The first-order chi connectivity index (χ1) is 5.52. The van der Waals surface area contributed by atoms with Crippen molar-refractivity contribution in [2.75, 3.05) is 6.54 Å². The van der Waals surface area contributed by atoms with Crippen LogP contribution >= 0.6 is 0 Å². The lowest BCUT2D eigenvalue weighted by Gasteiger charge is -2.43. The van der Waals surface area contributed by atoms with Gasteiger partial charge >= 0.3 is 0 Å². The lowest BCUT2D eigenvalue weighted by Crippen LogP contribution is -2.58. The molecule has 1 heterocycles. The summed E-state index contributed by atoms with van der Waals surface area (Å²) in [7, 11) is 0. The number of rotatable bonds is 1. The van der Waals surface area contributed by atoms with Crippen molar-refractivity contribution in [2.24, 2.45) is 16.0 Å². The fourth-order valence-electron chi connectivity index (χ4n) is 1.64. The second-order valence-electron chi connectivity index (χ2n) is 3.38. The van der Waals surface area contributed by atoms with Crippen molar-refractivity contribution in [1.29, 1.82) is 0 Å². The van der Waals surface area contributed by atoms with E-state index in [9.17, 15) is 8.78 Å². The maximum Gasteiger partial charge on any atom is 0.252 e. The molecule has 0 atom stereocenters. The quantitative estimate of drug-likeness (QED) is 0.641. The molecule has 0 aromatic carbocycles. The molecule has 0 bridgehead atoms. The van der Waals surface area contributed by atoms with Crippen LogP contribution in [0.25, 0.3) is 0 Å². The number of hydrogen-bond donors (Lipinski definition) is 1. The predicted octanol–water partition coefficient (Wildman–Crippen LogP) is 1.46. The molecule has 3 nitrogen and oxygen atoms in total. The molecular weight excluding hydrogens is 164 g/mol. The first kappa shape index (κ1) is 7.79. The highest BCUT2D eigenvalue weighted by Crippen LogP contribution is 2.48. The monoisotopic (exact) mass is 173 g/mol. The Morgan fingerprint density at radius 2 is 2.08 bits per heavy atom. The van der Waals surface area contributed by atoms with Gasteiger partial charge in [0, 0.05) is 12.8 Å². The van der Waals surface area contributed by atoms with Gasteiger partial charge in [-0.15, -0.1) is 0 Å². The van der Waals surface area contributed by atoms with Gasteiger partial charge in [0.15, 0.2) is 0 Å². The van der Waals surface area contributed by atoms with E-state index in [0.717, 1.165) is 0 Å². The molecule has 66 valence electrons. The maximum atomic E-state index is 12.5. The van der Waals surface area contributed by atoms with E-state index in [-0.39, 0.29) is 12.8 Å². The third kappa shape index (κ3) is 1.04. The van der Waals surface area contributed by atoms with Gasteiger partial charge < -0.3 is 5.73 Å². The first-order valence-corrected chi connectivity index (χ1v) is 3.77. The summed E-state index contributed by atoms with van der Waals surface area (Å²) >= 11 is 0. The smallest absolute Gasteiger partial charge is 0.252 e. The number of azo groups is 1. The Morgan fingerprint density at radius 3 is 2.50 bits per heavy atom. The van der Waals surface area contributed by atoms with E-state index in [1.54, 1.807) is 6.08 Å². The summed E-state index contributed by atoms with van der Waals surface area (Å²) in [4.78, 5) is 0. The number of nitrogens with two attached hydrogens (primary N) is 1. The van der Waals surface area contributed by atoms with E-state index in [4.69, 9.17) is 5.73 Å². The molecule has 0 saturated heterocycles. The Labute approximate surface area is 68.3 Å². The Balaban J connectivity index is 2.11. The minimum absolute atomic E-state index is 0.301. The predicted molar refractivity (Wildman–Crippen MR) is 38.9 cm³/mol. The van der Waals surface area contributed by atoms with Crippen LogP contribution in [-0.2, 0) is 0 Å². The van der Waals surface area contributed by atoms with Crippen LogP contribution in [0.15, 0.2) is 22.0 Å². The lowest BCUT2D eigenvalue weighted by atomic mass is 9.72. The molecule has 0 radical (unpaired) electrons. The molecule has 0 spiro atoms. The van der Waals surface area contributed by atoms with Crippen LogP contribution in [0.4, 0.5) is 8.78 Å². The van der Waals surface area contributed by atoms with Crippen molar-refractivity contribution >= 4 is 0 Å². The van der Waals surface area contributed by atoms with Crippen molar-refractivity contribution < 1.29 is 8.78 Å². The summed E-state index contributed by atoms with van der Waals surface area (Å²) in [5, 5.41) is 7.39. The molecule has 5 heteroatoms. The summed E-state index contributed by atoms with van der Waals surface area (Å²) in [6, 6.07) is 0. The largest absolute Gasteiger partial charge is 0.320 e. The van der Waals surface area contributed by atoms with E-state index in [2.05, 4.69) is 10.2 Å². The SMILES string of the molecule is NC1(C2=CCN=N2)CC(F)(F)C1. The average molecular weight is 173 g/mol. The lowest BCUT2D eigenvalue weighted by molar-refractivity contribution is -0.110. The zero-order valence-corrected chi connectivity index (χ0v) is 6.43. The Hall–Kier alpha value is -0.840. The van der Waals surface area contributed by atoms with Gasteiger partial charge in [-0.2, -0.15) is 10.2 Å². The molecule has 0 aromatic rings. The fraction of sp³-hybridized carbons (Fsp3) is 0.714. The number of alkyl halides is 2. The fourth-order valence-corrected chi connectivity index (χ4v) is 1.64. The van der Waals surface area contributed by atoms with Crippen LogP contribution in [0, 0.1) is 0 Å². The van der Waals surface area contributed by atoms with E-state index in [1.165, 1.54) is 0 Å². The zero-order valence-electron chi connectivity index (χ0n) is 6.43. The second kappa shape index (κ2) is 2.10. The average Bonchev–Trinajstić information content (AvgIpc) is 2.31. The number of nitrogens with zero attached hydrogens (tertiary/aromatic N) is 2. The van der Waals surface area contributed by atoms with Gasteiger partial charge in [-0.1, -0.05) is 0 Å². The summed E-state index contributed by atoms with van der Waals surface area (Å²) in [5.74, 6) is -2.60. The molecule has 1 fully saturated rings. The van der Waals surface area contributed by atoms with Crippen LogP contribution in [0.2, 0.25) is 0 Å². The molecule has 1 saturated carbocycles. The van der Waals surface area contributed by atoms with Crippen LogP contribution in [0.3, 0.4) is 0 Å². The van der Waals surface area contributed by atoms with Crippen molar-refractivity contribution in [2.45, 2.75) is 24.3 Å². The normalized spacial score (nSPS) is 29.8.